The largest absolute Gasteiger partial charge is 0.489 e. The molecule has 1 aromatic carbocycles. The summed E-state index contributed by atoms with van der Waals surface area (Å²) in [6, 6.07) is 5.43. The number of nitrogens with zero attached hydrogens (tertiary/aromatic N) is 2. The van der Waals surface area contributed by atoms with E-state index in [0.717, 1.165) is 58.7 Å². The summed E-state index contributed by atoms with van der Waals surface area (Å²) in [4.78, 5) is 17.0. The van der Waals surface area contributed by atoms with Crippen LogP contribution in [0.25, 0.3) is 0 Å². The highest BCUT2D eigenvalue weighted by molar-refractivity contribution is 6.32. The van der Waals surface area contributed by atoms with Crippen molar-refractivity contribution < 1.29 is 9.53 Å². The molecule has 0 aliphatic carbocycles. The van der Waals surface area contributed by atoms with Crippen molar-refractivity contribution >= 4 is 17.5 Å². The number of halogens is 1. The highest BCUT2D eigenvalue weighted by Gasteiger charge is 2.25. The van der Waals surface area contributed by atoms with Crippen LogP contribution in [-0.2, 0) is 0 Å². The molecule has 0 spiro atoms. The molecule has 2 saturated heterocycles. The van der Waals surface area contributed by atoms with Crippen LogP contribution in [0, 0.1) is 5.41 Å². The molecule has 0 bridgehead atoms. The van der Waals surface area contributed by atoms with Crippen LogP contribution in [0.5, 0.6) is 5.75 Å². The molecular weight excluding hydrogens is 362 g/mol. The Morgan fingerprint density at radius 3 is 2.44 bits per heavy atom. The van der Waals surface area contributed by atoms with Gasteiger partial charge in [0, 0.05) is 51.4 Å². The summed E-state index contributed by atoms with van der Waals surface area (Å²) in [5.41, 5.74) is 0.957. The molecule has 27 heavy (non-hydrogen) atoms. The zero-order valence-corrected chi connectivity index (χ0v) is 17.5. The third-order valence-electron chi connectivity index (χ3n) is 5.11. The summed E-state index contributed by atoms with van der Waals surface area (Å²) in [7, 11) is 0. The van der Waals surface area contributed by atoms with Crippen LogP contribution in [0.15, 0.2) is 18.2 Å². The van der Waals surface area contributed by atoms with Crippen molar-refractivity contribution in [2.45, 2.75) is 39.7 Å². The maximum atomic E-state index is 12.6. The average molecular weight is 394 g/mol. The van der Waals surface area contributed by atoms with Crippen molar-refractivity contribution in [2.75, 3.05) is 45.8 Å². The second kappa shape index (κ2) is 8.80. The fourth-order valence-corrected chi connectivity index (χ4v) is 4.04. The normalized spacial score (nSPS) is 19.9. The molecule has 3 rings (SSSR count). The van der Waals surface area contributed by atoms with Crippen LogP contribution < -0.4 is 10.1 Å². The first kappa shape index (κ1) is 20.4. The first-order valence-corrected chi connectivity index (χ1v) is 10.4. The lowest BCUT2D eigenvalue weighted by atomic mass is 9.94. The van der Waals surface area contributed by atoms with E-state index in [1.807, 2.05) is 17.0 Å². The van der Waals surface area contributed by atoms with Gasteiger partial charge in [0.1, 0.15) is 11.9 Å². The van der Waals surface area contributed by atoms with E-state index in [2.05, 4.69) is 31.0 Å². The fourth-order valence-electron chi connectivity index (χ4n) is 3.82. The number of nitrogens with one attached hydrogen (secondary N) is 1. The molecule has 1 N–H and O–H groups in total. The molecule has 6 heteroatoms. The summed E-state index contributed by atoms with van der Waals surface area (Å²) in [6.45, 7) is 13.2. The fraction of sp³-hybridized carbons (Fsp3) is 0.667. The van der Waals surface area contributed by atoms with Gasteiger partial charge in [-0.15, -0.1) is 0 Å². The molecule has 0 saturated carbocycles. The summed E-state index contributed by atoms with van der Waals surface area (Å²) < 4.78 is 6.15. The Hall–Kier alpha value is -1.30. The van der Waals surface area contributed by atoms with Crippen molar-refractivity contribution in [2.24, 2.45) is 5.41 Å². The Bertz CT molecular complexity index is 645. The molecule has 0 unspecified atom stereocenters. The maximum Gasteiger partial charge on any atom is 0.253 e. The van der Waals surface area contributed by atoms with Gasteiger partial charge in [-0.3, -0.25) is 4.79 Å². The van der Waals surface area contributed by atoms with Gasteiger partial charge in [-0.1, -0.05) is 32.4 Å². The van der Waals surface area contributed by atoms with Crippen molar-refractivity contribution in [1.29, 1.82) is 0 Å². The van der Waals surface area contributed by atoms with Crippen molar-refractivity contribution in [3.8, 4) is 5.75 Å². The number of piperidine rings is 1. The van der Waals surface area contributed by atoms with Crippen LogP contribution >= 0.6 is 11.6 Å². The molecule has 0 radical (unpaired) electrons. The first-order chi connectivity index (χ1) is 12.8. The highest BCUT2D eigenvalue weighted by Crippen LogP contribution is 2.29. The Morgan fingerprint density at radius 1 is 1.19 bits per heavy atom. The maximum absolute atomic E-state index is 12.6. The monoisotopic (exact) mass is 393 g/mol. The molecule has 2 aliphatic heterocycles. The minimum atomic E-state index is 0.0421. The number of likely N-dealkylation sites (tertiary alicyclic amines) is 1. The van der Waals surface area contributed by atoms with Gasteiger partial charge in [0.05, 0.1) is 5.02 Å². The van der Waals surface area contributed by atoms with E-state index >= 15 is 0 Å². The molecule has 2 heterocycles. The second-order valence-electron chi connectivity index (χ2n) is 8.84. The Morgan fingerprint density at radius 2 is 1.85 bits per heavy atom. The third kappa shape index (κ3) is 5.84. The first-order valence-electron chi connectivity index (χ1n) is 10.0. The van der Waals surface area contributed by atoms with Crippen molar-refractivity contribution in [1.82, 2.24) is 15.1 Å². The summed E-state index contributed by atoms with van der Waals surface area (Å²) in [6.07, 6.45) is 2.20. The lowest BCUT2D eigenvalue weighted by Crippen LogP contribution is -2.46. The van der Waals surface area contributed by atoms with Crippen LogP contribution in [0.3, 0.4) is 0 Å². The lowest BCUT2D eigenvalue weighted by molar-refractivity contribution is 0.0735. The Kier molecular flexibility index (Phi) is 6.66. The minimum Gasteiger partial charge on any atom is -0.489 e. The van der Waals surface area contributed by atoms with Gasteiger partial charge in [-0.25, -0.2) is 0 Å². The van der Waals surface area contributed by atoms with Gasteiger partial charge in [-0.2, -0.15) is 0 Å². The van der Waals surface area contributed by atoms with Gasteiger partial charge in [-0.05, 0) is 36.5 Å². The third-order valence-corrected chi connectivity index (χ3v) is 5.40. The van der Waals surface area contributed by atoms with E-state index in [1.165, 1.54) is 0 Å². The second-order valence-corrected chi connectivity index (χ2v) is 9.25. The molecule has 5 nitrogen and oxygen atoms in total. The smallest absolute Gasteiger partial charge is 0.253 e. The van der Waals surface area contributed by atoms with Crippen LogP contribution in [0.2, 0.25) is 5.02 Å². The average Bonchev–Trinajstić information content (AvgIpc) is 2.64. The number of piperazine rings is 1. The Balaban J connectivity index is 1.55. The summed E-state index contributed by atoms with van der Waals surface area (Å²) >= 11 is 6.43. The predicted octanol–water partition coefficient (Wildman–Crippen LogP) is 3.27. The molecule has 150 valence electrons. The van der Waals surface area contributed by atoms with E-state index in [1.54, 1.807) is 6.07 Å². The molecule has 2 aliphatic rings. The molecule has 1 aromatic rings. The SMILES string of the molecule is CC(C)(C)CN1CCC(Oc2ccc(C(=O)N3CCNCC3)cc2Cl)CC1. The number of rotatable bonds is 4. The molecular formula is C21H32ClN3O2. The summed E-state index contributed by atoms with van der Waals surface area (Å²) in [5.74, 6) is 0.725. The summed E-state index contributed by atoms with van der Waals surface area (Å²) in [5, 5.41) is 3.78. The number of amides is 1. The van der Waals surface area contributed by atoms with Gasteiger partial charge in [0.25, 0.3) is 5.91 Å². The molecule has 0 aromatic heterocycles. The Labute approximate surface area is 168 Å². The molecule has 2 fully saturated rings. The van der Waals surface area contributed by atoms with E-state index in [-0.39, 0.29) is 12.0 Å². The van der Waals surface area contributed by atoms with Crippen LogP contribution in [-0.4, -0.2) is 67.6 Å². The molecule has 0 atom stereocenters. The number of carbonyl (C=O) groups is 1. The van der Waals surface area contributed by atoms with E-state index < -0.39 is 0 Å². The van der Waals surface area contributed by atoms with Crippen LogP contribution in [0.1, 0.15) is 44.0 Å². The van der Waals surface area contributed by atoms with Gasteiger partial charge >= 0.3 is 0 Å². The predicted molar refractivity (Wildman–Crippen MR) is 110 cm³/mol. The van der Waals surface area contributed by atoms with E-state index in [4.69, 9.17) is 16.3 Å². The van der Waals surface area contributed by atoms with Gasteiger partial charge < -0.3 is 19.9 Å². The highest BCUT2D eigenvalue weighted by atomic mass is 35.5. The number of hydrogen-bond acceptors (Lipinski definition) is 4. The van der Waals surface area contributed by atoms with Crippen molar-refractivity contribution in [3.05, 3.63) is 28.8 Å². The zero-order valence-electron chi connectivity index (χ0n) is 16.8. The van der Waals surface area contributed by atoms with Crippen LogP contribution in [0.4, 0.5) is 0 Å². The van der Waals surface area contributed by atoms with E-state index in [0.29, 0.717) is 21.8 Å². The van der Waals surface area contributed by atoms with Gasteiger partial charge in [0.2, 0.25) is 0 Å². The standard InChI is InChI=1S/C21H32ClN3O2/c1-21(2,3)15-24-10-6-17(7-11-24)27-19-5-4-16(14-18(19)22)20(26)25-12-8-23-9-13-25/h4-5,14,17,23H,6-13,15H2,1-3H3. The lowest BCUT2D eigenvalue weighted by Gasteiger charge is -2.36. The van der Waals surface area contributed by atoms with E-state index in [9.17, 15) is 4.79 Å². The topological polar surface area (TPSA) is 44.8 Å². The number of carbonyl (C=O) groups excluding carboxylic acids is 1. The zero-order chi connectivity index (χ0) is 19.4. The van der Waals surface area contributed by atoms with Gasteiger partial charge in [0.15, 0.2) is 0 Å². The minimum absolute atomic E-state index is 0.0421. The quantitative estimate of drug-likeness (QED) is 0.852. The molecule has 1 amide bonds. The van der Waals surface area contributed by atoms with Crippen molar-refractivity contribution in [3.63, 3.8) is 0 Å². The number of ether oxygens (including phenoxy) is 1. The number of hydrogen-bond donors (Lipinski definition) is 1. The number of benzene rings is 1.